The molecular formula is C48H56O16. The highest BCUT2D eigenvalue weighted by atomic mass is 16.6. The van der Waals surface area contributed by atoms with Crippen molar-refractivity contribution in [3.63, 3.8) is 0 Å². The lowest BCUT2D eigenvalue weighted by Gasteiger charge is -2.25. The topological polar surface area (TPSA) is 217 Å². The number of hydrogen-bond acceptors (Lipinski definition) is 16. The molecular weight excluding hydrogens is 833 g/mol. The van der Waals surface area contributed by atoms with Gasteiger partial charge in [0.25, 0.3) is 0 Å². The molecule has 344 valence electrons. The first-order chi connectivity index (χ1) is 31.0. The van der Waals surface area contributed by atoms with Crippen LogP contribution in [0.15, 0.2) is 97.1 Å². The summed E-state index contributed by atoms with van der Waals surface area (Å²) in [5, 5.41) is 17.5. The summed E-state index contributed by atoms with van der Waals surface area (Å²) < 4.78 is 41.6. The molecule has 6 rings (SSSR count). The van der Waals surface area contributed by atoms with Crippen molar-refractivity contribution >= 4 is 35.8 Å². The van der Waals surface area contributed by atoms with Crippen LogP contribution in [-0.2, 0) is 28.7 Å². The normalized spacial score (nSPS) is 17.8. The zero-order chi connectivity index (χ0) is 45.8. The average molecular weight is 889 g/mol. The monoisotopic (exact) mass is 888 g/mol. The maximum absolute atomic E-state index is 12.5. The maximum atomic E-state index is 12.5. The molecule has 0 bridgehead atoms. The Morgan fingerprint density at radius 3 is 0.844 bits per heavy atom. The SMILES string of the molecule is COC(=O)c1ccc(OC(=O)C2CCC(C(=O)Oc3ccc(C(=O)OC)cc3)CC2)cc1.O=C(Oc1ccc(OCCO)cc1)C1CCC(C(=O)Oc2ccc(OCCO)cc2)CC1.[HH].[HH]. The Kier molecular flexibility index (Phi) is 18.7. The van der Waals surface area contributed by atoms with Crippen molar-refractivity contribution in [2.24, 2.45) is 23.7 Å². The fraction of sp³-hybridized carbons (Fsp3) is 0.375. The summed E-state index contributed by atoms with van der Waals surface area (Å²) >= 11 is 0. The minimum Gasteiger partial charge on any atom is -0.491 e. The molecule has 0 spiro atoms. The van der Waals surface area contributed by atoms with Crippen molar-refractivity contribution in [3.8, 4) is 34.5 Å². The minimum atomic E-state index is -0.465. The second-order valence-corrected chi connectivity index (χ2v) is 14.9. The third-order valence-electron chi connectivity index (χ3n) is 10.6. The molecule has 0 radical (unpaired) electrons. The highest BCUT2D eigenvalue weighted by molar-refractivity contribution is 5.90. The first-order valence-electron chi connectivity index (χ1n) is 20.9. The van der Waals surface area contributed by atoms with Gasteiger partial charge in [-0.05, 0) is 148 Å². The second kappa shape index (κ2) is 24.8. The van der Waals surface area contributed by atoms with E-state index < -0.39 is 11.9 Å². The molecule has 2 aliphatic rings. The van der Waals surface area contributed by atoms with Crippen LogP contribution < -0.4 is 28.4 Å². The van der Waals surface area contributed by atoms with Crippen LogP contribution in [0.25, 0.3) is 0 Å². The van der Waals surface area contributed by atoms with Crippen LogP contribution in [0, 0.1) is 23.7 Å². The Morgan fingerprint density at radius 1 is 0.406 bits per heavy atom. The molecule has 2 N–H and O–H groups in total. The summed E-state index contributed by atoms with van der Waals surface area (Å²) in [7, 11) is 2.59. The number of esters is 6. The number of benzene rings is 4. The molecule has 4 aromatic carbocycles. The molecule has 0 amide bonds. The number of aliphatic hydroxyl groups is 2. The van der Waals surface area contributed by atoms with Crippen LogP contribution >= 0.6 is 0 Å². The third-order valence-corrected chi connectivity index (χ3v) is 10.6. The number of carbonyl (C=O) groups excluding carboxylic acids is 6. The Bertz CT molecular complexity index is 1990. The zero-order valence-electron chi connectivity index (χ0n) is 35.6. The molecule has 16 heteroatoms. The van der Waals surface area contributed by atoms with Gasteiger partial charge in [-0.15, -0.1) is 0 Å². The van der Waals surface area contributed by atoms with Gasteiger partial charge in [0.2, 0.25) is 0 Å². The number of aliphatic hydroxyl groups excluding tert-OH is 2. The van der Waals surface area contributed by atoms with Crippen LogP contribution in [0.1, 0.15) is 74.9 Å². The van der Waals surface area contributed by atoms with Crippen molar-refractivity contribution in [2.75, 3.05) is 40.6 Å². The zero-order valence-corrected chi connectivity index (χ0v) is 35.6. The van der Waals surface area contributed by atoms with Crippen molar-refractivity contribution in [2.45, 2.75) is 51.4 Å². The fourth-order valence-corrected chi connectivity index (χ4v) is 7.02. The lowest BCUT2D eigenvalue weighted by Crippen LogP contribution is -2.30. The van der Waals surface area contributed by atoms with Gasteiger partial charge in [0, 0.05) is 2.85 Å². The van der Waals surface area contributed by atoms with Gasteiger partial charge in [0.1, 0.15) is 47.7 Å². The predicted octanol–water partition coefficient (Wildman–Crippen LogP) is 6.82. The van der Waals surface area contributed by atoms with Crippen LogP contribution in [0.5, 0.6) is 34.5 Å². The molecule has 0 aliphatic heterocycles. The van der Waals surface area contributed by atoms with Crippen molar-refractivity contribution in [3.05, 3.63) is 108 Å². The highest BCUT2D eigenvalue weighted by Crippen LogP contribution is 2.33. The molecule has 4 aromatic rings. The quantitative estimate of drug-likeness (QED) is 0.0872. The number of rotatable bonds is 16. The van der Waals surface area contributed by atoms with Gasteiger partial charge >= 0.3 is 35.8 Å². The molecule has 0 heterocycles. The Balaban J connectivity index is 0.000000340. The summed E-state index contributed by atoms with van der Waals surface area (Å²) in [6.45, 7) is 0.267. The molecule has 0 atom stereocenters. The summed E-state index contributed by atoms with van der Waals surface area (Å²) in [6, 6.07) is 25.6. The first kappa shape index (κ1) is 48.3. The first-order valence-corrected chi connectivity index (χ1v) is 20.9. The highest BCUT2D eigenvalue weighted by Gasteiger charge is 2.33. The predicted molar refractivity (Wildman–Crippen MR) is 231 cm³/mol. The third kappa shape index (κ3) is 14.7. The second-order valence-electron chi connectivity index (χ2n) is 14.9. The van der Waals surface area contributed by atoms with Crippen molar-refractivity contribution < 1.29 is 79.7 Å². The summed E-state index contributed by atoms with van der Waals surface area (Å²) in [5.41, 5.74) is 0.734. The molecule has 0 aromatic heterocycles. The molecule has 64 heavy (non-hydrogen) atoms. The van der Waals surface area contributed by atoms with Gasteiger partial charge < -0.3 is 48.1 Å². The average Bonchev–Trinajstić information content (AvgIpc) is 3.33. The molecule has 0 saturated heterocycles. The lowest BCUT2D eigenvalue weighted by atomic mass is 9.82. The van der Waals surface area contributed by atoms with Gasteiger partial charge in [0.15, 0.2) is 0 Å². The largest absolute Gasteiger partial charge is 0.491 e. The Labute approximate surface area is 373 Å². The van der Waals surface area contributed by atoms with E-state index in [0.717, 1.165) is 0 Å². The van der Waals surface area contributed by atoms with E-state index in [1.54, 1.807) is 72.8 Å². The van der Waals surface area contributed by atoms with Gasteiger partial charge in [-0.2, -0.15) is 0 Å². The van der Waals surface area contributed by atoms with Gasteiger partial charge in [0.05, 0.1) is 62.2 Å². The smallest absolute Gasteiger partial charge is 0.337 e. The van der Waals surface area contributed by atoms with E-state index in [2.05, 4.69) is 9.47 Å². The lowest BCUT2D eigenvalue weighted by molar-refractivity contribution is -0.145. The number of ether oxygens (including phenoxy) is 8. The van der Waals surface area contributed by atoms with Gasteiger partial charge in [-0.3, -0.25) is 19.2 Å². The molecule has 2 aliphatic carbocycles. The van der Waals surface area contributed by atoms with Crippen LogP contribution in [0.4, 0.5) is 0 Å². The van der Waals surface area contributed by atoms with Gasteiger partial charge in [-0.1, -0.05) is 0 Å². The van der Waals surface area contributed by atoms with E-state index in [0.29, 0.717) is 97.0 Å². The minimum absolute atomic E-state index is 0. The van der Waals surface area contributed by atoms with Crippen molar-refractivity contribution in [1.82, 2.24) is 0 Å². The van der Waals surface area contributed by atoms with E-state index in [1.165, 1.54) is 38.5 Å². The molecule has 0 unspecified atom stereocenters. The van der Waals surface area contributed by atoms with Crippen LogP contribution in [0.2, 0.25) is 0 Å². The Morgan fingerprint density at radius 2 is 0.625 bits per heavy atom. The molecule has 2 fully saturated rings. The van der Waals surface area contributed by atoms with E-state index in [1.807, 2.05) is 0 Å². The fourth-order valence-electron chi connectivity index (χ4n) is 7.02. The molecule has 16 nitrogen and oxygen atoms in total. The summed E-state index contributed by atoms with van der Waals surface area (Å²) in [4.78, 5) is 72.8. The van der Waals surface area contributed by atoms with Gasteiger partial charge in [-0.25, -0.2) is 9.59 Å². The van der Waals surface area contributed by atoms with E-state index in [4.69, 9.17) is 38.6 Å². The number of methoxy groups -OCH3 is 2. The molecule has 2 saturated carbocycles. The standard InChI is InChI=1S/C24H24O8.C24H28O8.2H2/c1-29-21(25)15-7-11-19(12-8-15)31-23(27)17-3-5-18(6-4-17)24(28)32-20-13-9-16(10-14-20)22(26)30-2;25-13-15-29-19-5-9-21(10-6-19)31-23(27)17-1-2-18(4-3-17)24(28)32-22-11-7-20(8-12-22)30-16-14-26;;/h7-14,17-18H,3-6H2,1-2H3;5-12,17-18,25-26H,1-4,13-16H2;2*1H. The summed E-state index contributed by atoms with van der Waals surface area (Å²) in [5.74, 6) is -0.661. The summed E-state index contributed by atoms with van der Waals surface area (Å²) in [6.07, 6.45) is 4.30. The van der Waals surface area contributed by atoms with Crippen LogP contribution in [0.3, 0.4) is 0 Å². The maximum Gasteiger partial charge on any atom is 0.337 e. The van der Waals surface area contributed by atoms with Crippen LogP contribution in [-0.4, -0.2) is 86.7 Å². The number of hydrogen-bond donors (Lipinski definition) is 2. The van der Waals surface area contributed by atoms with E-state index in [-0.39, 0.29) is 76.8 Å². The van der Waals surface area contributed by atoms with E-state index in [9.17, 15) is 28.8 Å². The Hall–Kier alpha value is -6.78. The van der Waals surface area contributed by atoms with Crippen molar-refractivity contribution in [1.29, 1.82) is 0 Å². The van der Waals surface area contributed by atoms with E-state index >= 15 is 0 Å². The number of carbonyl (C=O) groups is 6.